The fourth-order valence-corrected chi connectivity index (χ4v) is 1.97. The molecule has 0 spiro atoms. The van der Waals surface area contributed by atoms with Gasteiger partial charge in [-0.05, 0) is 43.4 Å². The maximum atomic E-state index is 3.65. The lowest BCUT2D eigenvalue weighted by Gasteiger charge is -2.06. The minimum atomic E-state index is 0.693. The van der Waals surface area contributed by atoms with Crippen molar-refractivity contribution in [2.24, 2.45) is 0 Å². The Morgan fingerprint density at radius 3 is 2.43 bits per heavy atom. The van der Waals surface area contributed by atoms with E-state index in [0.29, 0.717) is 4.83 Å². The van der Waals surface area contributed by atoms with Crippen LogP contribution in [0.4, 0.5) is 0 Å². The van der Waals surface area contributed by atoms with E-state index in [0.717, 1.165) is 4.47 Å². The lowest BCUT2D eigenvalue weighted by molar-refractivity contribution is 0.690. The highest BCUT2D eigenvalue weighted by molar-refractivity contribution is 9.10. The Bertz CT molecular complexity index is 254. The lowest BCUT2D eigenvalue weighted by Crippen LogP contribution is -1.96. The number of hydrogen-bond acceptors (Lipinski definition) is 0. The summed E-state index contributed by atoms with van der Waals surface area (Å²) in [6.07, 6.45) is 4.95. The fourth-order valence-electron chi connectivity index (χ4n) is 1.38. The van der Waals surface area contributed by atoms with Gasteiger partial charge in [-0.15, -0.1) is 0 Å². The minimum Gasteiger partial charge on any atom is -0.0891 e. The molecule has 1 aromatic rings. The van der Waals surface area contributed by atoms with Gasteiger partial charge in [-0.1, -0.05) is 50.9 Å². The van der Waals surface area contributed by atoms with Gasteiger partial charge in [-0.3, -0.25) is 0 Å². The molecule has 0 heterocycles. The van der Waals surface area contributed by atoms with Crippen LogP contribution in [-0.2, 0) is 6.42 Å². The topological polar surface area (TPSA) is 0 Å². The third kappa shape index (κ3) is 4.61. The molecule has 0 saturated carbocycles. The number of aryl methyl sites for hydroxylation is 1. The van der Waals surface area contributed by atoms with Crippen molar-refractivity contribution in [2.75, 3.05) is 0 Å². The van der Waals surface area contributed by atoms with E-state index in [9.17, 15) is 0 Å². The molecule has 0 N–H and O–H groups in total. The Morgan fingerprint density at radius 1 is 1.21 bits per heavy atom. The molecule has 78 valence electrons. The zero-order valence-electron chi connectivity index (χ0n) is 8.47. The normalized spacial score (nSPS) is 12.8. The van der Waals surface area contributed by atoms with Gasteiger partial charge in [0.15, 0.2) is 0 Å². The summed E-state index contributed by atoms with van der Waals surface area (Å²) < 4.78 is 1.16. The quantitative estimate of drug-likeness (QED) is 0.674. The first-order valence-electron chi connectivity index (χ1n) is 5.11. The second kappa shape index (κ2) is 6.62. The van der Waals surface area contributed by atoms with Crippen LogP contribution in [0.25, 0.3) is 0 Å². The first kappa shape index (κ1) is 12.3. The van der Waals surface area contributed by atoms with Gasteiger partial charge in [-0.25, -0.2) is 0 Å². The van der Waals surface area contributed by atoms with Gasteiger partial charge in [0, 0.05) is 9.30 Å². The van der Waals surface area contributed by atoms with E-state index >= 15 is 0 Å². The van der Waals surface area contributed by atoms with E-state index in [1.807, 2.05) is 0 Å². The average molecular weight is 320 g/mol. The van der Waals surface area contributed by atoms with E-state index in [4.69, 9.17) is 0 Å². The summed E-state index contributed by atoms with van der Waals surface area (Å²) in [5.74, 6) is 0. The molecule has 2 heteroatoms. The maximum Gasteiger partial charge on any atom is 0.0175 e. The van der Waals surface area contributed by atoms with Crippen LogP contribution in [0.2, 0.25) is 0 Å². The fraction of sp³-hybridized carbons (Fsp3) is 0.500. The van der Waals surface area contributed by atoms with E-state index in [-0.39, 0.29) is 0 Å². The second-order valence-electron chi connectivity index (χ2n) is 3.52. The van der Waals surface area contributed by atoms with Gasteiger partial charge in [0.1, 0.15) is 0 Å². The Hall–Kier alpha value is 0.180. The third-order valence-corrected chi connectivity index (χ3v) is 3.97. The van der Waals surface area contributed by atoms with Gasteiger partial charge in [0.2, 0.25) is 0 Å². The zero-order chi connectivity index (χ0) is 10.4. The van der Waals surface area contributed by atoms with Crippen LogP contribution in [0, 0.1) is 0 Å². The third-order valence-electron chi connectivity index (χ3n) is 2.34. The molecule has 0 aromatic heterocycles. The highest BCUT2D eigenvalue weighted by Gasteiger charge is 2.00. The molecule has 0 aliphatic rings. The number of hydrogen-bond donors (Lipinski definition) is 0. The van der Waals surface area contributed by atoms with Crippen molar-refractivity contribution in [3.8, 4) is 0 Å². The monoisotopic (exact) mass is 318 g/mol. The number of alkyl halides is 1. The summed E-state index contributed by atoms with van der Waals surface area (Å²) in [5.41, 5.74) is 1.43. The maximum absolute atomic E-state index is 3.65. The molecule has 0 bridgehead atoms. The Kier molecular flexibility index (Phi) is 5.80. The first-order chi connectivity index (χ1) is 6.72. The Morgan fingerprint density at radius 2 is 1.86 bits per heavy atom. The lowest BCUT2D eigenvalue weighted by atomic mass is 10.1. The predicted molar refractivity (Wildman–Crippen MR) is 70.1 cm³/mol. The van der Waals surface area contributed by atoms with Crippen molar-refractivity contribution in [3.05, 3.63) is 34.3 Å². The summed E-state index contributed by atoms with van der Waals surface area (Å²) in [7, 11) is 0. The van der Waals surface area contributed by atoms with Crippen molar-refractivity contribution in [1.82, 2.24) is 0 Å². The molecule has 1 aromatic carbocycles. The summed E-state index contributed by atoms with van der Waals surface area (Å²) in [6.45, 7) is 2.22. The van der Waals surface area contributed by atoms with Crippen LogP contribution in [0.3, 0.4) is 0 Å². The molecule has 14 heavy (non-hydrogen) atoms. The van der Waals surface area contributed by atoms with Crippen molar-refractivity contribution in [1.29, 1.82) is 0 Å². The molecule has 0 nitrogen and oxygen atoms in total. The molecule has 0 aliphatic heterocycles. The minimum absolute atomic E-state index is 0.693. The Balaban J connectivity index is 2.28. The largest absolute Gasteiger partial charge is 0.0891 e. The van der Waals surface area contributed by atoms with Crippen LogP contribution in [0.5, 0.6) is 0 Å². The standard InChI is InChI=1S/C12H16Br2/c1-2-11(13)5-3-4-10-6-8-12(14)9-7-10/h6-9,11H,2-5H2,1H3. The van der Waals surface area contributed by atoms with Crippen molar-refractivity contribution in [3.63, 3.8) is 0 Å². The molecule has 0 amide bonds. The van der Waals surface area contributed by atoms with Crippen LogP contribution < -0.4 is 0 Å². The highest BCUT2D eigenvalue weighted by Crippen LogP contribution is 2.16. The van der Waals surface area contributed by atoms with Crippen molar-refractivity contribution >= 4 is 31.9 Å². The summed E-state index contributed by atoms with van der Waals surface area (Å²) in [4.78, 5) is 0.693. The molecular formula is C12H16Br2. The van der Waals surface area contributed by atoms with Gasteiger partial charge >= 0.3 is 0 Å². The van der Waals surface area contributed by atoms with Crippen LogP contribution in [-0.4, -0.2) is 4.83 Å². The summed E-state index contributed by atoms with van der Waals surface area (Å²) in [5, 5.41) is 0. The van der Waals surface area contributed by atoms with Gasteiger partial charge in [0.05, 0.1) is 0 Å². The van der Waals surface area contributed by atoms with Crippen LogP contribution in [0.15, 0.2) is 28.7 Å². The Labute approximate surface area is 103 Å². The van der Waals surface area contributed by atoms with E-state index in [2.05, 4.69) is 63.0 Å². The first-order valence-corrected chi connectivity index (χ1v) is 6.81. The van der Waals surface area contributed by atoms with E-state index in [1.165, 1.54) is 31.2 Å². The average Bonchev–Trinajstić information content (AvgIpc) is 2.21. The van der Waals surface area contributed by atoms with Crippen molar-refractivity contribution < 1.29 is 0 Å². The smallest absolute Gasteiger partial charge is 0.0175 e. The summed E-state index contributed by atoms with van der Waals surface area (Å²) in [6, 6.07) is 8.61. The molecular weight excluding hydrogens is 304 g/mol. The van der Waals surface area contributed by atoms with Crippen molar-refractivity contribution in [2.45, 2.75) is 37.4 Å². The molecule has 0 saturated heterocycles. The molecule has 0 fully saturated rings. The molecule has 1 atom stereocenters. The number of benzene rings is 1. The SMILES string of the molecule is CCC(Br)CCCc1ccc(Br)cc1. The van der Waals surface area contributed by atoms with Crippen LogP contribution >= 0.6 is 31.9 Å². The number of halogens is 2. The number of rotatable bonds is 5. The second-order valence-corrected chi connectivity index (χ2v) is 5.73. The van der Waals surface area contributed by atoms with Gasteiger partial charge in [-0.2, -0.15) is 0 Å². The summed E-state index contributed by atoms with van der Waals surface area (Å²) >= 11 is 7.09. The molecule has 1 unspecified atom stereocenters. The molecule has 0 radical (unpaired) electrons. The predicted octanol–water partition coefficient (Wildman–Crippen LogP) is 4.95. The zero-order valence-corrected chi connectivity index (χ0v) is 11.6. The van der Waals surface area contributed by atoms with Crippen LogP contribution in [0.1, 0.15) is 31.7 Å². The van der Waals surface area contributed by atoms with E-state index < -0.39 is 0 Å². The van der Waals surface area contributed by atoms with E-state index in [1.54, 1.807) is 0 Å². The highest BCUT2D eigenvalue weighted by atomic mass is 79.9. The van der Waals surface area contributed by atoms with Gasteiger partial charge < -0.3 is 0 Å². The van der Waals surface area contributed by atoms with Gasteiger partial charge in [0.25, 0.3) is 0 Å². The molecule has 0 aliphatic carbocycles. The molecule has 1 rings (SSSR count).